The van der Waals surface area contributed by atoms with Crippen LogP contribution in [0.15, 0.2) is 4.99 Å². The molecule has 1 saturated heterocycles. The summed E-state index contributed by atoms with van der Waals surface area (Å²) < 4.78 is 5.28. The SMILES string of the molecule is CCCCN=C(NN)NC1CCOCC1. The smallest absolute Gasteiger partial charge is 0.205 e. The second kappa shape index (κ2) is 7.48. The molecule has 0 aromatic carbocycles. The van der Waals surface area contributed by atoms with Crippen LogP contribution in [0.2, 0.25) is 0 Å². The Hall–Kier alpha value is -0.810. The Kier molecular flexibility index (Phi) is 6.11. The van der Waals surface area contributed by atoms with Gasteiger partial charge in [-0.2, -0.15) is 0 Å². The van der Waals surface area contributed by atoms with Gasteiger partial charge in [0.15, 0.2) is 0 Å². The first-order valence-corrected chi connectivity index (χ1v) is 5.72. The molecule has 1 rings (SSSR count). The van der Waals surface area contributed by atoms with E-state index in [1.54, 1.807) is 0 Å². The van der Waals surface area contributed by atoms with Gasteiger partial charge in [-0.15, -0.1) is 0 Å². The van der Waals surface area contributed by atoms with Crippen molar-refractivity contribution in [2.45, 2.75) is 38.6 Å². The minimum atomic E-state index is 0.440. The van der Waals surface area contributed by atoms with E-state index in [0.29, 0.717) is 12.0 Å². The molecule has 0 aromatic rings. The molecule has 4 N–H and O–H groups in total. The minimum absolute atomic E-state index is 0.440. The van der Waals surface area contributed by atoms with Crippen molar-refractivity contribution < 1.29 is 4.74 Å². The van der Waals surface area contributed by atoms with Gasteiger partial charge in [0.1, 0.15) is 0 Å². The lowest BCUT2D eigenvalue weighted by molar-refractivity contribution is 0.0822. The molecule has 1 aliphatic rings. The van der Waals surface area contributed by atoms with Gasteiger partial charge in [-0.1, -0.05) is 13.3 Å². The van der Waals surface area contributed by atoms with Crippen molar-refractivity contribution in [2.24, 2.45) is 10.8 Å². The van der Waals surface area contributed by atoms with Crippen LogP contribution in [0.3, 0.4) is 0 Å². The zero-order chi connectivity index (χ0) is 10.9. The summed E-state index contributed by atoms with van der Waals surface area (Å²) >= 11 is 0. The van der Waals surface area contributed by atoms with Gasteiger partial charge in [-0.05, 0) is 19.3 Å². The largest absolute Gasteiger partial charge is 0.381 e. The number of hydrogen-bond acceptors (Lipinski definition) is 3. The summed E-state index contributed by atoms with van der Waals surface area (Å²) in [5, 5.41) is 3.30. The summed E-state index contributed by atoms with van der Waals surface area (Å²) in [6, 6.07) is 0.440. The van der Waals surface area contributed by atoms with Crippen LogP contribution in [-0.4, -0.2) is 31.8 Å². The summed E-state index contributed by atoms with van der Waals surface area (Å²) in [5.74, 6) is 6.10. The normalized spacial score (nSPS) is 18.9. The number of nitrogens with zero attached hydrogens (tertiary/aromatic N) is 1. The summed E-state index contributed by atoms with van der Waals surface area (Å²) in [6.07, 6.45) is 4.29. The Morgan fingerprint density at radius 2 is 2.20 bits per heavy atom. The lowest BCUT2D eigenvalue weighted by Gasteiger charge is -2.24. The number of hydrogen-bond donors (Lipinski definition) is 3. The molecule has 0 atom stereocenters. The average Bonchev–Trinajstić information content (AvgIpc) is 2.29. The van der Waals surface area contributed by atoms with Gasteiger partial charge in [0.25, 0.3) is 0 Å². The van der Waals surface area contributed by atoms with Gasteiger partial charge in [0.05, 0.1) is 0 Å². The standard InChI is InChI=1S/C10H22N4O/c1-2-3-6-12-10(14-11)13-9-4-7-15-8-5-9/h9H,2-8,11H2,1H3,(H2,12,13,14). The highest BCUT2D eigenvalue weighted by molar-refractivity contribution is 5.79. The number of rotatable bonds is 4. The van der Waals surface area contributed by atoms with Gasteiger partial charge in [-0.3, -0.25) is 10.4 Å². The van der Waals surface area contributed by atoms with Crippen molar-refractivity contribution in [3.8, 4) is 0 Å². The van der Waals surface area contributed by atoms with Crippen molar-refractivity contribution in [3.63, 3.8) is 0 Å². The van der Waals surface area contributed by atoms with E-state index in [1.807, 2.05) is 0 Å². The fourth-order valence-corrected chi connectivity index (χ4v) is 1.52. The number of hydrazine groups is 1. The molecular weight excluding hydrogens is 192 g/mol. The highest BCUT2D eigenvalue weighted by Gasteiger charge is 2.14. The monoisotopic (exact) mass is 214 g/mol. The number of nitrogens with two attached hydrogens (primary N) is 1. The van der Waals surface area contributed by atoms with Crippen LogP contribution in [-0.2, 0) is 4.74 Å². The van der Waals surface area contributed by atoms with Crippen molar-refractivity contribution in [2.75, 3.05) is 19.8 Å². The van der Waals surface area contributed by atoms with Crippen LogP contribution in [0.5, 0.6) is 0 Å². The predicted molar refractivity (Wildman–Crippen MR) is 61.5 cm³/mol. The summed E-state index contributed by atoms with van der Waals surface area (Å²) in [6.45, 7) is 4.62. The minimum Gasteiger partial charge on any atom is -0.381 e. The third-order valence-electron chi connectivity index (χ3n) is 2.48. The maximum Gasteiger partial charge on any atom is 0.205 e. The molecule has 0 aromatic heterocycles. The van der Waals surface area contributed by atoms with Gasteiger partial charge in [-0.25, -0.2) is 5.84 Å². The van der Waals surface area contributed by atoms with E-state index in [1.165, 1.54) is 0 Å². The van der Waals surface area contributed by atoms with Gasteiger partial charge >= 0.3 is 0 Å². The molecule has 5 nitrogen and oxygen atoms in total. The number of aliphatic imine (C=N–C) groups is 1. The molecule has 5 heteroatoms. The van der Waals surface area contributed by atoms with Crippen molar-refractivity contribution in [3.05, 3.63) is 0 Å². The maximum atomic E-state index is 5.40. The lowest BCUT2D eigenvalue weighted by atomic mass is 10.1. The first-order valence-electron chi connectivity index (χ1n) is 5.72. The molecule has 0 amide bonds. The van der Waals surface area contributed by atoms with Crippen molar-refractivity contribution >= 4 is 5.96 Å². The number of nitrogens with one attached hydrogen (secondary N) is 2. The summed E-state index contributed by atoms with van der Waals surface area (Å²) in [7, 11) is 0. The zero-order valence-corrected chi connectivity index (χ0v) is 9.46. The molecule has 1 aliphatic heterocycles. The van der Waals surface area contributed by atoms with E-state index < -0.39 is 0 Å². The second-order valence-corrected chi connectivity index (χ2v) is 3.76. The molecule has 0 unspecified atom stereocenters. The Morgan fingerprint density at radius 3 is 2.80 bits per heavy atom. The third-order valence-corrected chi connectivity index (χ3v) is 2.48. The molecule has 0 spiro atoms. The predicted octanol–water partition coefficient (Wildman–Crippen LogP) is 0.374. The van der Waals surface area contributed by atoms with Gasteiger partial charge < -0.3 is 10.1 Å². The van der Waals surface area contributed by atoms with E-state index in [4.69, 9.17) is 10.6 Å². The van der Waals surface area contributed by atoms with Crippen LogP contribution in [0, 0.1) is 0 Å². The molecule has 0 saturated carbocycles. The van der Waals surface area contributed by atoms with Crippen LogP contribution in [0.25, 0.3) is 0 Å². The van der Waals surface area contributed by atoms with Crippen molar-refractivity contribution in [1.82, 2.24) is 10.7 Å². The van der Waals surface area contributed by atoms with Gasteiger partial charge in [0.2, 0.25) is 5.96 Å². The molecule has 1 heterocycles. The third kappa shape index (κ3) is 4.99. The van der Waals surface area contributed by atoms with E-state index >= 15 is 0 Å². The Balaban J connectivity index is 2.27. The average molecular weight is 214 g/mol. The summed E-state index contributed by atoms with van der Waals surface area (Å²) in [5.41, 5.74) is 2.61. The van der Waals surface area contributed by atoms with Crippen molar-refractivity contribution in [1.29, 1.82) is 0 Å². The molecule has 88 valence electrons. The highest BCUT2D eigenvalue weighted by atomic mass is 16.5. The molecule has 1 fully saturated rings. The number of unbranched alkanes of at least 4 members (excludes halogenated alkanes) is 1. The van der Waals surface area contributed by atoms with Crippen LogP contribution >= 0.6 is 0 Å². The Morgan fingerprint density at radius 1 is 1.47 bits per heavy atom. The van der Waals surface area contributed by atoms with E-state index in [0.717, 1.165) is 45.4 Å². The highest BCUT2D eigenvalue weighted by Crippen LogP contribution is 2.05. The number of ether oxygens (including phenoxy) is 1. The first-order chi connectivity index (χ1) is 7.36. The maximum absolute atomic E-state index is 5.40. The molecule has 0 radical (unpaired) electrons. The van der Waals surface area contributed by atoms with Crippen LogP contribution < -0.4 is 16.6 Å². The zero-order valence-electron chi connectivity index (χ0n) is 9.46. The van der Waals surface area contributed by atoms with Crippen LogP contribution in [0.1, 0.15) is 32.6 Å². The Bertz CT molecular complexity index is 190. The molecule has 0 bridgehead atoms. The molecule has 15 heavy (non-hydrogen) atoms. The van der Waals surface area contributed by atoms with Gasteiger partial charge in [0, 0.05) is 25.8 Å². The number of guanidine groups is 1. The lowest BCUT2D eigenvalue weighted by Crippen LogP contribution is -2.48. The quantitative estimate of drug-likeness (QED) is 0.208. The van der Waals surface area contributed by atoms with E-state index in [2.05, 4.69) is 22.7 Å². The molecular formula is C10H22N4O. The van der Waals surface area contributed by atoms with E-state index in [9.17, 15) is 0 Å². The fraction of sp³-hybridized carbons (Fsp3) is 0.900. The molecule has 0 aliphatic carbocycles. The topological polar surface area (TPSA) is 71.7 Å². The Labute approximate surface area is 91.4 Å². The fourth-order valence-electron chi connectivity index (χ4n) is 1.52. The summed E-state index contributed by atoms with van der Waals surface area (Å²) in [4.78, 5) is 4.35. The first kappa shape index (κ1) is 12.3. The van der Waals surface area contributed by atoms with E-state index in [-0.39, 0.29) is 0 Å². The van der Waals surface area contributed by atoms with Crippen LogP contribution in [0.4, 0.5) is 0 Å². The second-order valence-electron chi connectivity index (χ2n) is 3.76.